The van der Waals surface area contributed by atoms with Crippen molar-refractivity contribution >= 4 is 27.5 Å². The summed E-state index contributed by atoms with van der Waals surface area (Å²) in [6, 6.07) is 8.33. The zero-order chi connectivity index (χ0) is 19.5. The minimum Gasteiger partial charge on any atom is -0.339 e. The first-order valence-electron chi connectivity index (χ1n) is 10.5. The lowest BCUT2D eigenvalue weighted by molar-refractivity contribution is -0.138. The fourth-order valence-electron chi connectivity index (χ4n) is 4.19. The minimum atomic E-state index is -0.0159. The zero-order valence-corrected chi connectivity index (χ0v) is 17.8. The molecule has 28 heavy (non-hydrogen) atoms. The second-order valence-electron chi connectivity index (χ2n) is 7.82. The van der Waals surface area contributed by atoms with Crippen molar-refractivity contribution in [3.8, 4) is 0 Å². The van der Waals surface area contributed by atoms with Gasteiger partial charge in [0.1, 0.15) is 5.01 Å². The summed E-state index contributed by atoms with van der Waals surface area (Å²) in [5.41, 5.74) is 1.10. The number of carbonyl (C=O) groups is 1. The van der Waals surface area contributed by atoms with Crippen LogP contribution in [0.25, 0.3) is 10.2 Å². The number of fused-ring (bicyclic) bond motifs is 1. The van der Waals surface area contributed by atoms with Gasteiger partial charge in [-0.25, -0.2) is 4.98 Å². The van der Waals surface area contributed by atoms with Crippen molar-refractivity contribution in [3.05, 3.63) is 29.3 Å². The maximum Gasteiger partial charge on any atom is 0.239 e. The molecule has 1 aromatic carbocycles. The Morgan fingerprint density at radius 2 is 1.71 bits per heavy atom. The quantitative estimate of drug-likeness (QED) is 0.766. The highest BCUT2D eigenvalue weighted by molar-refractivity contribution is 7.18. The van der Waals surface area contributed by atoms with E-state index in [1.165, 1.54) is 9.71 Å². The summed E-state index contributed by atoms with van der Waals surface area (Å²) in [6.07, 6.45) is 0. The van der Waals surface area contributed by atoms with Crippen LogP contribution < -0.4 is 0 Å². The van der Waals surface area contributed by atoms with Gasteiger partial charge in [-0.15, -0.1) is 11.3 Å². The minimum absolute atomic E-state index is 0.0159. The smallest absolute Gasteiger partial charge is 0.239 e. The molecule has 2 aliphatic rings. The fourth-order valence-corrected chi connectivity index (χ4v) is 5.20. The molecular weight excluding hydrogens is 370 g/mol. The van der Waals surface area contributed by atoms with Crippen LogP contribution in [0.3, 0.4) is 0 Å². The van der Waals surface area contributed by atoms with Gasteiger partial charge >= 0.3 is 0 Å². The molecule has 7 heteroatoms. The maximum atomic E-state index is 12.9. The average molecular weight is 402 g/mol. The summed E-state index contributed by atoms with van der Waals surface area (Å²) in [6.45, 7) is 13.9. The van der Waals surface area contributed by atoms with E-state index in [9.17, 15) is 4.79 Å². The van der Waals surface area contributed by atoms with E-state index in [0.29, 0.717) is 5.91 Å². The number of piperazine rings is 2. The molecule has 1 aromatic heterocycles. The summed E-state index contributed by atoms with van der Waals surface area (Å²) in [7, 11) is 0. The standard InChI is InChI=1S/C21H31N5OS/c1-3-23-8-14-26(15-9-23)21(27)17(2)25-12-10-24(11-13-25)16-20-22-18-6-4-5-7-19(18)28-20/h4-7,17H,3,8-16H2,1-2H3. The molecule has 6 nitrogen and oxygen atoms in total. The van der Waals surface area contributed by atoms with E-state index in [2.05, 4.69) is 51.6 Å². The second kappa shape index (κ2) is 8.86. The first kappa shape index (κ1) is 19.8. The van der Waals surface area contributed by atoms with Crippen molar-refractivity contribution in [2.45, 2.75) is 26.4 Å². The number of rotatable bonds is 5. The third-order valence-corrected chi connectivity index (χ3v) is 7.16. The van der Waals surface area contributed by atoms with Crippen LogP contribution in [0.5, 0.6) is 0 Å². The molecule has 1 amide bonds. The van der Waals surface area contributed by atoms with Crippen molar-refractivity contribution in [2.75, 3.05) is 58.9 Å². The number of para-hydroxylation sites is 1. The van der Waals surface area contributed by atoms with Gasteiger partial charge in [0.05, 0.1) is 22.8 Å². The molecule has 2 saturated heterocycles. The molecule has 152 valence electrons. The van der Waals surface area contributed by atoms with Gasteiger partial charge in [0, 0.05) is 52.4 Å². The molecule has 0 saturated carbocycles. The van der Waals surface area contributed by atoms with Gasteiger partial charge in [0.15, 0.2) is 0 Å². The molecule has 1 unspecified atom stereocenters. The van der Waals surface area contributed by atoms with E-state index < -0.39 is 0 Å². The molecule has 0 N–H and O–H groups in total. The third kappa shape index (κ3) is 4.38. The van der Waals surface area contributed by atoms with Crippen LogP contribution in [0, 0.1) is 0 Å². The fraction of sp³-hybridized carbons (Fsp3) is 0.619. The van der Waals surface area contributed by atoms with E-state index >= 15 is 0 Å². The van der Waals surface area contributed by atoms with Gasteiger partial charge in [0.25, 0.3) is 0 Å². The van der Waals surface area contributed by atoms with E-state index in [4.69, 9.17) is 4.98 Å². The second-order valence-corrected chi connectivity index (χ2v) is 8.94. The van der Waals surface area contributed by atoms with E-state index in [1.807, 2.05) is 6.07 Å². The molecule has 2 aromatic rings. The number of carbonyl (C=O) groups excluding carboxylic acids is 1. The highest BCUT2D eigenvalue weighted by atomic mass is 32.1. The molecule has 0 aliphatic carbocycles. The van der Waals surface area contributed by atoms with Gasteiger partial charge in [-0.2, -0.15) is 0 Å². The number of nitrogens with zero attached hydrogens (tertiary/aromatic N) is 5. The van der Waals surface area contributed by atoms with Crippen molar-refractivity contribution in [1.82, 2.24) is 24.6 Å². The molecule has 0 radical (unpaired) electrons. The Morgan fingerprint density at radius 3 is 2.39 bits per heavy atom. The predicted molar refractivity (Wildman–Crippen MR) is 115 cm³/mol. The highest BCUT2D eigenvalue weighted by Crippen LogP contribution is 2.23. The average Bonchev–Trinajstić information content (AvgIpc) is 3.15. The molecule has 0 spiro atoms. The predicted octanol–water partition coefficient (Wildman–Crippen LogP) is 1.97. The lowest BCUT2D eigenvalue weighted by atomic mass is 10.2. The van der Waals surface area contributed by atoms with Crippen LogP contribution >= 0.6 is 11.3 Å². The van der Waals surface area contributed by atoms with Crippen LogP contribution in [0.4, 0.5) is 0 Å². The summed E-state index contributed by atoms with van der Waals surface area (Å²) in [5, 5.41) is 1.19. The number of likely N-dealkylation sites (N-methyl/N-ethyl adjacent to an activating group) is 1. The van der Waals surface area contributed by atoms with E-state index in [0.717, 1.165) is 71.0 Å². The lowest BCUT2D eigenvalue weighted by Crippen LogP contribution is -2.57. The molecule has 2 aliphatic heterocycles. The van der Waals surface area contributed by atoms with Crippen LogP contribution in [-0.2, 0) is 11.3 Å². The number of hydrogen-bond donors (Lipinski definition) is 0. The Morgan fingerprint density at radius 1 is 1.04 bits per heavy atom. The molecule has 0 bridgehead atoms. The summed E-state index contributed by atoms with van der Waals surface area (Å²) in [5.74, 6) is 0.301. The first-order chi connectivity index (χ1) is 13.6. The van der Waals surface area contributed by atoms with Gasteiger partial charge in [0.2, 0.25) is 5.91 Å². The van der Waals surface area contributed by atoms with Crippen LogP contribution in [-0.4, -0.2) is 95.4 Å². The Hall–Kier alpha value is -1.54. The largest absolute Gasteiger partial charge is 0.339 e. The third-order valence-electron chi connectivity index (χ3n) is 6.14. The summed E-state index contributed by atoms with van der Waals surface area (Å²) in [4.78, 5) is 27.0. The number of thiazole rings is 1. The number of aromatic nitrogens is 1. The maximum absolute atomic E-state index is 12.9. The van der Waals surface area contributed by atoms with E-state index in [1.54, 1.807) is 11.3 Å². The van der Waals surface area contributed by atoms with Crippen molar-refractivity contribution in [2.24, 2.45) is 0 Å². The van der Waals surface area contributed by atoms with Gasteiger partial charge in [-0.3, -0.25) is 14.6 Å². The number of hydrogen-bond acceptors (Lipinski definition) is 6. The Kier molecular flexibility index (Phi) is 6.25. The van der Waals surface area contributed by atoms with Crippen LogP contribution in [0.15, 0.2) is 24.3 Å². The Balaban J connectivity index is 1.27. The van der Waals surface area contributed by atoms with Crippen molar-refractivity contribution in [3.63, 3.8) is 0 Å². The number of amides is 1. The van der Waals surface area contributed by atoms with Crippen LogP contribution in [0.1, 0.15) is 18.9 Å². The molecule has 1 atom stereocenters. The van der Waals surface area contributed by atoms with Crippen LogP contribution in [0.2, 0.25) is 0 Å². The molecule has 4 rings (SSSR count). The van der Waals surface area contributed by atoms with Crippen molar-refractivity contribution in [1.29, 1.82) is 0 Å². The normalized spacial score (nSPS) is 21.3. The Bertz CT molecular complexity index is 760. The molecule has 2 fully saturated rings. The zero-order valence-electron chi connectivity index (χ0n) is 17.0. The van der Waals surface area contributed by atoms with Gasteiger partial charge in [-0.05, 0) is 25.6 Å². The van der Waals surface area contributed by atoms with Gasteiger partial charge in [-0.1, -0.05) is 19.1 Å². The summed E-state index contributed by atoms with van der Waals surface area (Å²) >= 11 is 1.79. The monoisotopic (exact) mass is 401 g/mol. The van der Waals surface area contributed by atoms with Crippen molar-refractivity contribution < 1.29 is 4.79 Å². The lowest BCUT2D eigenvalue weighted by Gasteiger charge is -2.40. The molecule has 3 heterocycles. The number of benzene rings is 1. The summed E-state index contributed by atoms with van der Waals surface area (Å²) < 4.78 is 1.26. The molecular formula is C21H31N5OS. The highest BCUT2D eigenvalue weighted by Gasteiger charge is 2.30. The SMILES string of the molecule is CCN1CCN(C(=O)C(C)N2CCN(Cc3nc4ccccc4s3)CC2)CC1. The Labute approximate surface area is 171 Å². The first-order valence-corrected chi connectivity index (χ1v) is 11.3. The van der Waals surface area contributed by atoms with Gasteiger partial charge < -0.3 is 9.80 Å². The van der Waals surface area contributed by atoms with E-state index in [-0.39, 0.29) is 6.04 Å². The topological polar surface area (TPSA) is 42.9 Å².